The van der Waals surface area contributed by atoms with Gasteiger partial charge >= 0.3 is 0 Å². The van der Waals surface area contributed by atoms with Crippen LogP contribution in [-0.4, -0.2) is 75.1 Å². The van der Waals surface area contributed by atoms with E-state index < -0.39 is 0 Å². The van der Waals surface area contributed by atoms with Crippen molar-refractivity contribution in [2.75, 3.05) is 64.3 Å². The molecule has 2 heterocycles. The van der Waals surface area contributed by atoms with Crippen molar-refractivity contribution in [3.8, 4) is 0 Å². The molecule has 2 aliphatic rings. The Morgan fingerprint density at radius 3 is 2.73 bits per heavy atom. The summed E-state index contributed by atoms with van der Waals surface area (Å²) in [5.74, 6) is 0.961. The number of carbonyl (C=O) groups is 1. The molecular weight excluding hydrogens is 324 g/mol. The molecule has 2 aliphatic heterocycles. The third kappa shape index (κ3) is 5.21. The number of piperidine rings is 1. The van der Waals surface area contributed by atoms with Crippen LogP contribution in [0, 0.1) is 12.8 Å². The Hall–Kier alpha value is -1.59. The van der Waals surface area contributed by atoms with Gasteiger partial charge in [-0.1, -0.05) is 12.1 Å². The molecule has 0 aromatic heterocycles. The fraction of sp³-hybridized carbons (Fsp3) is 0.667. The third-order valence-electron chi connectivity index (χ3n) is 5.75. The predicted octanol–water partition coefficient (Wildman–Crippen LogP) is 1.97. The van der Waals surface area contributed by atoms with E-state index in [0.717, 1.165) is 58.8 Å². The first-order valence-electron chi connectivity index (χ1n) is 10.1. The molecule has 0 saturated carbocycles. The molecule has 0 bridgehead atoms. The van der Waals surface area contributed by atoms with E-state index >= 15 is 0 Å². The number of likely N-dealkylation sites (tertiary alicyclic amines) is 1. The first-order chi connectivity index (χ1) is 12.7. The highest BCUT2D eigenvalue weighted by Gasteiger charge is 2.24. The second-order valence-corrected chi connectivity index (χ2v) is 7.82. The van der Waals surface area contributed by atoms with Gasteiger partial charge in [-0.15, -0.1) is 0 Å². The summed E-state index contributed by atoms with van der Waals surface area (Å²) in [6, 6.07) is 8.74. The summed E-state index contributed by atoms with van der Waals surface area (Å²) >= 11 is 0. The number of benzene rings is 1. The van der Waals surface area contributed by atoms with Crippen molar-refractivity contribution in [3.63, 3.8) is 0 Å². The zero-order chi connectivity index (χ0) is 18.4. The smallest absolute Gasteiger partial charge is 0.223 e. The predicted molar refractivity (Wildman–Crippen MR) is 108 cm³/mol. The monoisotopic (exact) mass is 358 g/mol. The number of hydrogen-bond donors (Lipinski definition) is 1. The number of nitrogens with zero attached hydrogens (tertiary/aromatic N) is 3. The molecule has 5 nitrogen and oxygen atoms in total. The van der Waals surface area contributed by atoms with Crippen molar-refractivity contribution in [2.45, 2.75) is 26.2 Å². The number of anilines is 1. The fourth-order valence-corrected chi connectivity index (χ4v) is 4.21. The van der Waals surface area contributed by atoms with E-state index in [0.29, 0.717) is 18.2 Å². The van der Waals surface area contributed by atoms with Crippen LogP contribution >= 0.6 is 0 Å². The molecule has 5 heteroatoms. The van der Waals surface area contributed by atoms with Crippen molar-refractivity contribution >= 4 is 11.6 Å². The maximum absolute atomic E-state index is 12.6. The number of amides is 1. The number of rotatable bonds is 6. The zero-order valence-electron chi connectivity index (χ0n) is 16.4. The van der Waals surface area contributed by atoms with Gasteiger partial charge in [0.25, 0.3) is 0 Å². The van der Waals surface area contributed by atoms with Gasteiger partial charge < -0.3 is 15.1 Å². The van der Waals surface area contributed by atoms with Gasteiger partial charge in [-0.2, -0.15) is 0 Å². The van der Waals surface area contributed by atoms with E-state index in [9.17, 15) is 4.79 Å². The molecule has 1 aromatic carbocycles. The average molecular weight is 359 g/mol. The Morgan fingerprint density at radius 1 is 1.19 bits per heavy atom. The molecule has 2 fully saturated rings. The molecule has 26 heavy (non-hydrogen) atoms. The van der Waals surface area contributed by atoms with Gasteiger partial charge in [0.05, 0.1) is 0 Å². The lowest BCUT2D eigenvalue weighted by Gasteiger charge is -2.37. The van der Waals surface area contributed by atoms with Gasteiger partial charge in [-0.05, 0) is 57.0 Å². The lowest BCUT2D eigenvalue weighted by molar-refractivity contribution is -0.133. The Labute approximate surface area is 158 Å². The Morgan fingerprint density at radius 2 is 2.00 bits per heavy atom. The number of piperazine rings is 1. The summed E-state index contributed by atoms with van der Waals surface area (Å²) in [7, 11) is 2.00. The normalized spacial score (nSPS) is 21.8. The molecule has 3 rings (SSSR count). The minimum absolute atomic E-state index is 0.340. The summed E-state index contributed by atoms with van der Waals surface area (Å²) < 4.78 is 0. The van der Waals surface area contributed by atoms with Crippen LogP contribution < -0.4 is 10.2 Å². The van der Waals surface area contributed by atoms with Crippen molar-refractivity contribution in [3.05, 3.63) is 29.8 Å². The van der Waals surface area contributed by atoms with Crippen LogP contribution in [0.2, 0.25) is 0 Å². The molecule has 2 saturated heterocycles. The van der Waals surface area contributed by atoms with Gasteiger partial charge in [-0.25, -0.2) is 0 Å². The molecular formula is C21H34N4O. The van der Waals surface area contributed by atoms with Crippen LogP contribution in [0.4, 0.5) is 5.69 Å². The Kier molecular flexibility index (Phi) is 6.92. The van der Waals surface area contributed by atoms with Gasteiger partial charge in [0, 0.05) is 57.9 Å². The molecule has 0 radical (unpaired) electrons. The fourth-order valence-electron chi connectivity index (χ4n) is 4.21. The van der Waals surface area contributed by atoms with Gasteiger partial charge in [0.2, 0.25) is 5.91 Å². The SMILES string of the molecule is CNCC1CCCN(C(=O)CCN2CCN(c3cccc(C)c3)CC2)C1. The molecule has 0 spiro atoms. The van der Waals surface area contributed by atoms with Gasteiger partial charge in [-0.3, -0.25) is 9.69 Å². The molecule has 1 N–H and O–H groups in total. The lowest BCUT2D eigenvalue weighted by Crippen LogP contribution is -2.48. The van der Waals surface area contributed by atoms with E-state index in [1.54, 1.807) is 0 Å². The lowest BCUT2D eigenvalue weighted by atomic mass is 9.98. The molecule has 1 atom stereocenters. The quantitative estimate of drug-likeness (QED) is 0.844. The van der Waals surface area contributed by atoms with Gasteiger partial charge in [0.15, 0.2) is 0 Å². The van der Waals surface area contributed by atoms with Crippen molar-refractivity contribution in [1.82, 2.24) is 15.1 Å². The second kappa shape index (κ2) is 9.38. The standard InChI is InChI=1S/C21H34N4O/c1-18-5-3-7-20(15-18)24-13-11-23(12-14-24)10-8-21(26)25-9-4-6-19(17-25)16-22-2/h3,5,7,15,19,22H,4,6,8-14,16-17H2,1-2H3. The third-order valence-corrected chi connectivity index (χ3v) is 5.75. The van der Waals surface area contributed by atoms with E-state index in [4.69, 9.17) is 0 Å². The molecule has 0 aliphatic carbocycles. The van der Waals surface area contributed by atoms with Crippen LogP contribution in [0.1, 0.15) is 24.8 Å². The Bertz CT molecular complexity index is 581. The summed E-state index contributed by atoms with van der Waals surface area (Å²) in [6.45, 7) is 10.1. The molecule has 1 unspecified atom stereocenters. The van der Waals surface area contributed by atoms with E-state index in [1.807, 2.05) is 7.05 Å². The van der Waals surface area contributed by atoms with Crippen LogP contribution in [0.3, 0.4) is 0 Å². The summed E-state index contributed by atoms with van der Waals surface area (Å²) in [5.41, 5.74) is 2.64. The summed E-state index contributed by atoms with van der Waals surface area (Å²) in [5, 5.41) is 3.25. The highest BCUT2D eigenvalue weighted by atomic mass is 16.2. The second-order valence-electron chi connectivity index (χ2n) is 7.82. The molecule has 1 aromatic rings. The zero-order valence-corrected chi connectivity index (χ0v) is 16.4. The summed E-state index contributed by atoms with van der Waals surface area (Å²) in [6.07, 6.45) is 3.05. The van der Waals surface area contributed by atoms with E-state index in [-0.39, 0.29) is 0 Å². The minimum Gasteiger partial charge on any atom is -0.369 e. The van der Waals surface area contributed by atoms with Crippen LogP contribution in [0.5, 0.6) is 0 Å². The maximum atomic E-state index is 12.6. The molecule has 1 amide bonds. The summed E-state index contributed by atoms with van der Waals surface area (Å²) in [4.78, 5) is 19.6. The van der Waals surface area contributed by atoms with Crippen molar-refractivity contribution in [1.29, 1.82) is 0 Å². The largest absolute Gasteiger partial charge is 0.369 e. The number of aryl methyl sites for hydroxylation is 1. The topological polar surface area (TPSA) is 38.8 Å². The first-order valence-corrected chi connectivity index (χ1v) is 10.1. The average Bonchev–Trinajstić information content (AvgIpc) is 2.67. The Balaban J connectivity index is 1.40. The van der Waals surface area contributed by atoms with Gasteiger partial charge in [0.1, 0.15) is 0 Å². The van der Waals surface area contributed by atoms with Crippen LogP contribution in [0.25, 0.3) is 0 Å². The van der Waals surface area contributed by atoms with Crippen LogP contribution in [0.15, 0.2) is 24.3 Å². The van der Waals surface area contributed by atoms with Crippen molar-refractivity contribution < 1.29 is 4.79 Å². The highest BCUT2D eigenvalue weighted by Crippen LogP contribution is 2.19. The van der Waals surface area contributed by atoms with Crippen LogP contribution in [-0.2, 0) is 4.79 Å². The minimum atomic E-state index is 0.340. The number of carbonyl (C=O) groups excluding carboxylic acids is 1. The van der Waals surface area contributed by atoms with E-state index in [2.05, 4.69) is 51.2 Å². The van der Waals surface area contributed by atoms with Crippen molar-refractivity contribution in [2.24, 2.45) is 5.92 Å². The number of hydrogen-bond acceptors (Lipinski definition) is 4. The maximum Gasteiger partial charge on any atom is 0.223 e. The highest BCUT2D eigenvalue weighted by molar-refractivity contribution is 5.76. The molecule has 144 valence electrons. The van der Waals surface area contributed by atoms with E-state index in [1.165, 1.54) is 17.7 Å². The number of nitrogens with one attached hydrogen (secondary N) is 1. The first kappa shape index (κ1) is 19.2.